The molecule has 0 aromatic carbocycles. The van der Waals surface area contributed by atoms with Crippen LogP contribution in [0.25, 0.3) is 0 Å². The molecule has 0 aliphatic carbocycles. The molecular weight excluding hydrogens is 261 g/mol. The minimum atomic E-state index is -1.09. The molecule has 0 spiro atoms. The molecule has 0 aromatic heterocycles. The smallest absolute Gasteiger partial charge is 0.241 e. The van der Waals surface area contributed by atoms with E-state index >= 15 is 0 Å². The molecule has 1 N–H and O–H groups in total. The Hall–Kier alpha value is -0.720. The molecule has 20 heavy (non-hydrogen) atoms. The number of amides is 1. The molecule has 0 aromatic rings. The Morgan fingerprint density at radius 3 is 2.65 bits per heavy atom. The number of ether oxygens (including phenoxy) is 1. The Morgan fingerprint density at radius 1 is 1.45 bits per heavy atom. The first-order valence-corrected chi connectivity index (χ1v) is 7.43. The van der Waals surface area contributed by atoms with E-state index in [1.165, 1.54) is 0 Å². The molecule has 6 heteroatoms. The van der Waals surface area contributed by atoms with Gasteiger partial charge in [-0.15, -0.1) is 0 Å². The first-order chi connectivity index (χ1) is 9.40. The summed E-state index contributed by atoms with van der Waals surface area (Å²) in [5.74, 6) is 0.0231. The van der Waals surface area contributed by atoms with Gasteiger partial charge in [0.05, 0.1) is 24.9 Å². The zero-order chi connectivity index (χ0) is 14.9. The fourth-order valence-electron chi connectivity index (χ4n) is 2.90. The summed E-state index contributed by atoms with van der Waals surface area (Å²) in [7, 11) is 1.93. The van der Waals surface area contributed by atoms with E-state index in [0.717, 1.165) is 0 Å². The summed E-state index contributed by atoms with van der Waals surface area (Å²) < 4.78 is 19.7. The van der Waals surface area contributed by atoms with Crippen LogP contribution < -0.4 is 5.32 Å². The number of nitrogens with zero attached hydrogens (tertiary/aromatic N) is 2. The quantitative estimate of drug-likeness (QED) is 0.826. The number of carbonyl (C=O) groups is 1. The molecule has 116 valence electrons. The van der Waals surface area contributed by atoms with Crippen molar-refractivity contribution in [1.29, 1.82) is 0 Å². The number of likely N-dealkylation sites (N-methyl/N-ethyl adjacent to an activating group) is 1. The van der Waals surface area contributed by atoms with Crippen molar-refractivity contribution in [3.8, 4) is 0 Å². The van der Waals surface area contributed by atoms with Crippen LogP contribution in [0.4, 0.5) is 4.39 Å². The van der Waals surface area contributed by atoms with Gasteiger partial charge in [0, 0.05) is 13.1 Å². The molecule has 0 saturated carbocycles. The van der Waals surface area contributed by atoms with E-state index in [0.29, 0.717) is 19.5 Å². The van der Waals surface area contributed by atoms with Crippen molar-refractivity contribution < 1.29 is 13.9 Å². The number of hydrogen-bond donors (Lipinski definition) is 1. The van der Waals surface area contributed by atoms with Crippen molar-refractivity contribution in [2.75, 3.05) is 26.7 Å². The number of hydrogen-bond acceptors (Lipinski definition) is 4. The third-order valence-corrected chi connectivity index (χ3v) is 4.23. The maximum Gasteiger partial charge on any atom is 0.241 e. The van der Waals surface area contributed by atoms with E-state index in [2.05, 4.69) is 5.32 Å². The number of piperidine rings is 1. The van der Waals surface area contributed by atoms with Gasteiger partial charge in [0.2, 0.25) is 5.91 Å². The predicted octanol–water partition coefficient (Wildman–Crippen LogP) is 0.600. The van der Waals surface area contributed by atoms with E-state index < -0.39 is 6.17 Å². The van der Waals surface area contributed by atoms with Crippen LogP contribution in [0.5, 0.6) is 0 Å². The van der Waals surface area contributed by atoms with Crippen LogP contribution in [-0.4, -0.2) is 73.0 Å². The van der Waals surface area contributed by atoms with Gasteiger partial charge in [-0.3, -0.25) is 15.0 Å². The molecule has 0 radical (unpaired) electrons. The molecule has 2 unspecified atom stereocenters. The topological polar surface area (TPSA) is 44.8 Å². The van der Waals surface area contributed by atoms with Gasteiger partial charge < -0.3 is 9.64 Å². The summed E-state index contributed by atoms with van der Waals surface area (Å²) in [5, 5.41) is 3.25. The minimum absolute atomic E-state index is 0.0199. The number of rotatable bonds is 3. The van der Waals surface area contributed by atoms with Gasteiger partial charge in [0.25, 0.3) is 0 Å². The fourth-order valence-corrected chi connectivity index (χ4v) is 2.90. The Bertz CT molecular complexity index is 353. The molecule has 2 rings (SSSR count). The third-order valence-electron chi connectivity index (χ3n) is 4.23. The third kappa shape index (κ3) is 3.30. The minimum Gasteiger partial charge on any atom is -0.372 e. The van der Waals surface area contributed by atoms with Crippen molar-refractivity contribution in [3.05, 3.63) is 0 Å². The van der Waals surface area contributed by atoms with Gasteiger partial charge in [-0.05, 0) is 34.2 Å². The molecule has 5 nitrogen and oxygen atoms in total. The van der Waals surface area contributed by atoms with Gasteiger partial charge in [-0.2, -0.15) is 0 Å². The summed E-state index contributed by atoms with van der Waals surface area (Å²) in [6, 6.07) is -0.181. The summed E-state index contributed by atoms with van der Waals surface area (Å²) in [4.78, 5) is 16.1. The molecule has 0 bridgehead atoms. The summed E-state index contributed by atoms with van der Waals surface area (Å²) in [6.07, 6.45) is -0.687. The zero-order valence-electron chi connectivity index (χ0n) is 12.8. The second-order valence-corrected chi connectivity index (χ2v) is 6.08. The molecule has 2 heterocycles. The standard InChI is InChI=1S/C14H26FN3O2/c1-9(2)20-13-5-6-18(8-11(13)15)14(19)12-7-16-10(3)17(12)4/h9-13,16H,5-8H2,1-4H3/t10?,11-,12?,13+/m1/s1. The van der Waals surface area contributed by atoms with E-state index in [9.17, 15) is 9.18 Å². The lowest BCUT2D eigenvalue weighted by molar-refractivity contribution is -0.142. The van der Waals surface area contributed by atoms with Gasteiger partial charge >= 0.3 is 0 Å². The molecule has 2 saturated heterocycles. The first-order valence-electron chi connectivity index (χ1n) is 7.43. The van der Waals surface area contributed by atoms with Gasteiger partial charge in [0.15, 0.2) is 0 Å². The molecule has 2 aliphatic rings. The lowest BCUT2D eigenvalue weighted by Crippen LogP contribution is -2.54. The molecule has 1 amide bonds. The van der Waals surface area contributed by atoms with Crippen LogP contribution in [0, 0.1) is 0 Å². The predicted molar refractivity (Wildman–Crippen MR) is 75.1 cm³/mol. The lowest BCUT2D eigenvalue weighted by Gasteiger charge is -2.37. The molecule has 4 atom stereocenters. The highest BCUT2D eigenvalue weighted by Crippen LogP contribution is 2.21. The molecule has 2 aliphatic heterocycles. The highest BCUT2D eigenvalue weighted by molar-refractivity contribution is 5.82. The monoisotopic (exact) mass is 287 g/mol. The Balaban J connectivity index is 1.90. The second-order valence-electron chi connectivity index (χ2n) is 6.08. The maximum atomic E-state index is 14.1. The average molecular weight is 287 g/mol. The summed E-state index contributed by atoms with van der Waals surface area (Å²) >= 11 is 0. The highest BCUT2D eigenvalue weighted by atomic mass is 19.1. The number of likely N-dealkylation sites (tertiary alicyclic amines) is 1. The Kier molecular flexibility index (Phi) is 4.99. The van der Waals surface area contributed by atoms with Crippen LogP contribution in [0.3, 0.4) is 0 Å². The average Bonchev–Trinajstić information content (AvgIpc) is 2.71. The van der Waals surface area contributed by atoms with E-state index in [1.807, 2.05) is 32.7 Å². The fraction of sp³-hybridized carbons (Fsp3) is 0.929. The van der Waals surface area contributed by atoms with Gasteiger partial charge in [0.1, 0.15) is 12.2 Å². The van der Waals surface area contributed by atoms with Gasteiger partial charge in [-0.1, -0.05) is 0 Å². The van der Waals surface area contributed by atoms with E-state index in [4.69, 9.17) is 4.74 Å². The number of alkyl halides is 1. The SMILES string of the molecule is CC(C)O[C@H]1CCN(C(=O)C2CNC(C)N2C)C[C@H]1F. The van der Waals surface area contributed by atoms with Crippen LogP contribution in [0.1, 0.15) is 27.2 Å². The van der Waals surface area contributed by atoms with Crippen LogP contribution >= 0.6 is 0 Å². The Labute approximate surface area is 120 Å². The van der Waals surface area contributed by atoms with Gasteiger partial charge in [-0.25, -0.2) is 4.39 Å². The van der Waals surface area contributed by atoms with Crippen molar-refractivity contribution in [2.24, 2.45) is 0 Å². The first kappa shape index (κ1) is 15.7. The van der Waals surface area contributed by atoms with Crippen LogP contribution in [0.15, 0.2) is 0 Å². The van der Waals surface area contributed by atoms with Crippen LogP contribution in [-0.2, 0) is 9.53 Å². The van der Waals surface area contributed by atoms with Crippen molar-refractivity contribution >= 4 is 5.91 Å². The summed E-state index contributed by atoms with van der Waals surface area (Å²) in [5.41, 5.74) is 0. The number of halogens is 1. The molecular formula is C14H26FN3O2. The maximum absolute atomic E-state index is 14.1. The summed E-state index contributed by atoms with van der Waals surface area (Å²) in [6.45, 7) is 7.20. The van der Waals surface area contributed by atoms with Crippen molar-refractivity contribution in [3.63, 3.8) is 0 Å². The Morgan fingerprint density at radius 2 is 2.15 bits per heavy atom. The number of carbonyl (C=O) groups excluding carboxylic acids is 1. The highest BCUT2D eigenvalue weighted by Gasteiger charge is 2.39. The number of nitrogens with one attached hydrogen (secondary N) is 1. The van der Waals surface area contributed by atoms with Crippen molar-refractivity contribution in [1.82, 2.24) is 15.1 Å². The van der Waals surface area contributed by atoms with E-state index in [-0.39, 0.29) is 36.9 Å². The largest absolute Gasteiger partial charge is 0.372 e. The zero-order valence-corrected chi connectivity index (χ0v) is 12.8. The lowest BCUT2D eigenvalue weighted by atomic mass is 10.0. The molecule has 2 fully saturated rings. The van der Waals surface area contributed by atoms with Crippen LogP contribution in [0.2, 0.25) is 0 Å². The second kappa shape index (κ2) is 6.37. The van der Waals surface area contributed by atoms with E-state index in [1.54, 1.807) is 4.90 Å². The van der Waals surface area contributed by atoms with Crippen molar-refractivity contribution in [2.45, 2.75) is 57.8 Å². The normalized spacial score (nSPS) is 35.8.